The molecule has 0 atom stereocenters. The Kier molecular flexibility index (Phi) is 10.3. The van der Waals surface area contributed by atoms with E-state index in [1.54, 1.807) is 12.1 Å². The van der Waals surface area contributed by atoms with Crippen LogP contribution in [0.3, 0.4) is 0 Å². The molecule has 0 spiro atoms. The number of amides is 2. The molecule has 2 heterocycles. The number of benzene rings is 3. The standard InChI is InChI=1S/C34H39N5O5S/c1-6-42-28-18-25(19-29(43-7-2)32(28)44-8-3)33(41)35-20-30-36-37-34(39(30)26-15-11-12-22(4)23(26)5)45-21-31(40)38-17-16-24-13-9-10-14-27(24)38/h9-15,18-19H,6-8,16-17,20-21H2,1-5H3,(H,35,41). The van der Waals surface area contributed by atoms with Crippen molar-refractivity contribution in [2.45, 2.75) is 52.7 Å². The maximum Gasteiger partial charge on any atom is 0.251 e. The number of nitrogens with one attached hydrogen (secondary N) is 1. The van der Waals surface area contributed by atoms with Gasteiger partial charge in [-0.2, -0.15) is 0 Å². The van der Waals surface area contributed by atoms with Gasteiger partial charge >= 0.3 is 0 Å². The number of thioether (sulfide) groups is 1. The summed E-state index contributed by atoms with van der Waals surface area (Å²) in [4.78, 5) is 28.6. The lowest BCUT2D eigenvalue weighted by Crippen LogP contribution is -2.30. The summed E-state index contributed by atoms with van der Waals surface area (Å²) in [6, 6.07) is 17.3. The largest absolute Gasteiger partial charge is 0.490 e. The van der Waals surface area contributed by atoms with E-state index >= 15 is 0 Å². The van der Waals surface area contributed by atoms with Crippen LogP contribution in [0.5, 0.6) is 17.2 Å². The van der Waals surface area contributed by atoms with E-state index in [0.29, 0.717) is 60.2 Å². The van der Waals surface area contributed by atoms with Gasteiger partial charge < -0.3 is 24.4 Å². The highest BCUT2D eigenvalue weighted by Crippen LogP contribution is 2.39. The summed E-state index contributed by atoms with van der Waals surface area (Å²) in [5.74, 6) is 1.79. The van der Waals surface area contributed by atoms with E-state index in [0.717, 1.165) is 28.9 Å². The number of nitrogens with zero attached hydrogens (tertiary/aromatic N) is 4. The van der Waals surface area contributed by atoms with Gasteiger partial charge in [-0.25, -0.2) is 0 Å². The van der Waals surface area contributed by atoms with Crippen molar-refractivity contribution in [1.29, 1.82) is 0 Å². The minimum atomic E-state index is -0.326. The van der Waals surface area contributed by atoms with Crippen LogP contribution >= 0.6 is 11.8 Å². The third kappa shape index (κ3) is 6.93. The monoisotopic (exact) mass is 629 g/mol. The average Bonchev–Trinajstić information content (AvgIpc) is 3.66. The van der Waals surface area contributed by atoms with E-state index in [-0.39, 0.29) is 24.1 Å². The van der Waals surface area contributed by atoms with Gasteiger partial charge in [0.15, 0.2) is 22.5 Å². The fourth-order valence-corrected chi connectivity index (χ4v) is 6.15. The Morgan fingerprint density at radius 1 is 0.889 bits per heavy atom. The van der Waals surface area contributed by atoms with Crippen molar-refractivity contribution in [1.82, 2.24) is 20.1 Å². The molecule has 0 saturated heterocycles. The minimum absolute atomic E-state index is 0.0148. The maximum absolute atomic E-state index is 13.5. The van der Waals surface area contributed by atoms with Gasteiger partial charge in [-0.15, -0.1) is 10.2 Å². The van der Waals surface area contributed by atoms with Crippen LogP contribution in [0.1, 0.15) is 53.6 Å². The molecule has 0 saturated carbocycles. The molecule has 0 fully saturated rings. The maximum atomic E-state index is 13.5. The molecular weight excluding hydrogens is 590 g/mol. The van der Waals surface area contributed by atoms with Crippen LogP contribution in [0.15, 0.2) is 59.8 Å². The van der Waals surface area contributed by atoms with Crippen LogP contribution in [0.4, 0.5) is 5.69 Å². The Morgan fingerprint density at radius 3 is 2.29 bits per heavy atom. The Hall–Kier alpha value is -4.51. The number of aryl methyl sites for hydroxylation is 1. The van der Waals surface area contributed by atoms with Crippen molar-refractivity contribution < 1.29 is 23.8 Å². The van der Waals surface area contributed by atoms with E-state index in [4.69, 9.17) is 14.2 Å². The van der Waals surface area contributed by atoms with Gasteiger partial charge in [-0.1, -0.05) is 42.1 Å². The van der Waals surface area contributed by atoms with Crippen LogP contribution in [-0.2, 0) is 17.8 Å². The SMILES string of the molecule is CCOc1cc(C(=O)NCc2nnc(SCC(=O)N3CCc4ccccc43)n2-c2cccc(C)c2C)cc(OCC)c1OCC. The molecule has 3 aromatic carbocycles. The van der Waals surface area contributed by atoms with Gasteiger partial charge in [0.2, 0.25) is 11.7 Å². The summed E-state index contributed by atoms with van der Waals surface area (Å²) >= 11 is 1.34. The molecule has 1 N–H and O–H groups in total. The Morgan fingerprint density at radius 2 is 1.58 bits per heavy atom. The molecule has 1 aromatic heterocycles. The van der Waals surface area contributed by atoms with Gasteiger partial charge in [0.1, 0.15) is 0 Å². The smallest absolute Gasteiger partial charge is 0.251 e. The highest BCUT2D eigenvalue weighted by molar-refractivity contribution is 7.99. The fraction of sp³-hybridized carbons (Fsp3) is 0.353. The normalized spacial score (nSPS) is 12.2. The quantitative estimate of drug-likeness (QED) is 0.188. The lowest BCUT2D eigenvalue weighted by Gasteiger charge is -2.18. The highest BCUT2D eigenvalue weighted by Gasteiger charge is 2.26. The molecule has 10 nitrogen and oxygen atoms in total. The summed E-state index contributed by atoms with van der Waals surface area (Å²) in [7, 11) is 0. The van der Waals surface area contributed by atoms with Crippen LogP contribution in [0, 0.1) is 13.8 Å². The van der Waals surface area contributed by atoms with Gasteiger partial charge in [-0.3, -0.25) is 14.2 Å². The van der Waals surface area contributed by atoms with Gasteiger partial charge in [-0.05, 0) is 82.0 Å². The molecule has 4 aromatic rings. The van der Waals surface area contributed by atoms with Crippen LogP contribution in [0.25, 0.3) is 5.69 Å². The van der Waals surface area contributed by atoms with Crippen molar-refractivity contribution >= 4 is 29.3 Å². The predicted octanol–water partition coefficient (Wildman–Crippen LogP) is 5.69. The lowest BCUT2D eigenvalue weighted by molar-refractivity contribution is -0.116. The number of anilines is 1. The van der Waals surface area contributed by atoms with Crippen molar-refractivity contribution in [3.8, 4) is 22.9 Å². The Bertz CT molecular complexity index is 1660. The highest BCUT2D eigenvalue weighted by atomic mass is 32.2. The van der Waals surface area contributed by atoms with E-state index < -0.39 is 0 Å². The van der Waals surface area contributed by atoms with Gasteiger partial charge in [0, 0.05) is 17.8 Å². The topological polar surface area (TPSA) is 108 Å². The number of aromatic nitrogens is 3. The molecule has 5 rings (SSSR count). The third-order valence-corrected chi connectivity index (χ3v) is 8.52. The fourth-order valence-electron chi connectivity index (χ4n) is 5.31. The van der Waals surface area contributed by atoms with Gasteiger partial charge in [0.05, 0.1) is 37.8 Å². The number of rotatable bonds is 13. The molecule has 1 aliphatic heterocycles. The minimum Gasteiger partial charge on any atom is -0.490 e. The first-order valence-corrected chi connectivity index (χ1v) is 16.2. The van der Waals surface area contributed by atoms with Gasteiger partial charge in [0.25, 0.3) is 5.91 Å². The predicted molar refractivity (Wildman–Crippen MR) is 175 cm³/mol. The summed E-state index contributed by atoms with van der Waals surface area (Å²) in [6.07, 6.45) is 0.849. The first kappa shape index (κ1) is 31.9. The zero-order valence-electron chi connectivity index (χ0n) is 26.4. The van der Waals surface area contributed by atoms with Crippen LogP contribution in [0.2, 0.25) is 0 Å². The molecule has 45 heavy (non-hydrogen) atoms. The van der Waals surface area contributed by atoms with E-state index in [1.807, 2.05) is 80.5 Å². The first-order chi connectivity index (χ1) is 21.9. The van der Waals surface area contributed by atoms with Crippen LogP contribution < -0.4 is 24.4 Å². The first-order valence-electron chi connectivity index (χ1n) is 15.2. The average molecular weight is 630 g/mol. The van der Waals surface area contributed by atoms with Crippen LogP contribution in [-0.4, -0.2) is 58.7 Å². The number of fused-ring (bicyclic) bond motifs is 1. The number of para-hydroxylation sites is 1. The number of ether oxygens (including phenoxy) is 3. The Balaban J connectivity index is 1.39. The summed E-state index contributed by atoms with van der Waals surface area (Å²) in [5, 5.41) is 12.5. The Labute approximate surface area is 268 Å². The van der Waals surface area contributed by atoms with Crippen molar-refractivity contribution in [3.63, 3.8) is 0 Å². The van der Waals surface area contributed by atoms with E-state index in [1.165, 1.54) is 17.3 Å². The molecule has 0 bridgehead atoms. The molecule has 0 radical (unpaired) electrons. The molecule has 0 aliphatic carbocycles. The zero-order valence-corrected chi connectivity index (χ0v) is 27.2. The molecule has 236 valence electrons. The lowest BCUT2D eigenvalue weighted by atomic mass is 10.1. The molecular formula is C34H39N5O5S. The second-order valence-electron chi connectivity index (χ2n) is 10.4. The molecule has 1 aliphatic rings. The summed E-state index contributed by atoms with van der Waals surface area (Å²) in [6.45, 7) is 11.7. The van der Waals surface area contributed by atoms with Crippen molar-refractivity contribution in [3.05, 3.63) is 82.7 Å². The molecule has 2 amide bonds. The summed E-state index contributed by atoms with van der Waals surface area (Å²) < 4.78 is 19.3. The number of hydrogen-bond acceptors (Lipinski definition) is 8. The second-order valence-corrected chi connectivity index (χ2v) is 11.4. The zero-order chi connectivity index (χ0) is 31.9. The van der Waals surface area contributed by atoms with Crippen molar-refractivity contribution in [2.75, 3.05) is 37.0 Å². The second kappa shape index (κ2) is 14.5. The number of carbonyl (C=O) groups is 2. The van der Waals surface area contributed by atoms with E-state index in [2.05, 4.69) is 21.6 Å². The van der Waals surface area contributed by atoms with E-state index in [9.17, 15) is 9.59 Å². The summed E-state index contributed by atoms with van der Waals surface area (Å²) in [5.41, 5.74) is 5.58. The molecule has 0 unspecified atom stereocenters. The number of hydrogen-bond donors (Lipinski definition) is 1. The van der Waals surface area contributed by atoms with Crippen molar-refractivity contribution in [2.24, 2.45) is 0 Å². The molecule has 11 heteroatoms. The number of carbonyl (C=O) groups excluding carboxylic acids is 2. The third-order valence-electron chi connectivity index (χ3n) is 7.61.